The highest BCUT2D eigenvalue weighted by Gasteiger charge is 2.22. The average molecular weight is 260 g/mol. The van der Waals surface area contributed by atoms with Gasteiger partial charge in [-0.1, -0.05) is 38.1 Å². The maximum absolute atomic E-state index is 3.40. The molecule has 2 atom stereocenters. The Morgan fingerprint density at radius 1 is 1.26 bits per heavy atom. The SMILES string of the molecule is CCNCc1cccc(CN2CCC(C)CC2C)c1. The van der Waals surface area contributed by atoms with E-state index in [-0.39, 0.29) is 0 Å². The molecule has 1 saturated heterocycles. The van der Waals surface area contributed by atoms with Crippen LogP contribution in [0.1, 0.15) is 44.7 Å². The standard InChI is InChI=1S/C17H28N2/c1-4-18-12-16-6-5-7-17(11-16)13-19-9-8-14(2)10-15(19)3/h5-7,11,14-15,18H,4,8-10,12-13H2,1-3H3. The third kappa shape index (κ3) is 4.32. The Hall–Kier alpha value is -0.860. The molecule has 0 amide bonds. The van der Waals surface area contributed by atoms with E-state index in [1.807, 2.05) is 0 Å². The third-order valence-electron chi connectivity index (χ3n) is 4.23. The first-order valence-electron chi connectivity index (χ1n) is 7.71. The van der Waals surface area contributed by atoms with Gasteiger partial charge in [-0.25, -0.2) is 0 Å². The smallest absolute Gasteiger partial charge is 0.0236 e. The van der Waals surface area contributed by atoms with Gasteiger partial charge in [0.2, 0.25) is 0 Å². The summed E-state index contributed by atoms with van der Waals surface area (Å²) < 4.78 is 0. The molecule has 1 heterocycles. The van der Waals surface area contributed by atoms with E-state index in [0.717, 1.165) is 31.6 Å². The fraction of sp³-hybridized carbons (Fsp3) is 0.647. The summed E-state index contributed by atoms with van der Waals surface area (Å²) in [5.41, 5.74) is 2.86. The van der Waals surface area contributed by atoms with Gasteiger partial charge in [0, 0.05) is 19.1 Å². The molecular weight excluding hydrogens is 232 g/mol. The Morgan fingerprint density at radius 3 is 2.79 bits per heavy atom. The van der Waals surface area contributed by atoms with Gasteiger partial charge in [-0.15, -0.1) is 0 Å². The van der Waals surface area contributed by atoms with Crippen LogP contribution in [0.4, 0.5) is 0 Å². The van der Waals surface area contributed by atoms with Gasteiger partial charge in [-0.2, -0.15) is 0 Å². The summed E-state index contributed by atoms with van der Waals surface area (Å²) >= 11 is 0. The van der Waals surface area contributed by atoms with Gasteiger partial charge in [-0.05, 0) is 49.9 Å². The van der Waals surface area contributed by atoms with E-state index in [9.17, 15) is 0 Å². The number of benzene rings is 1. The first kappa shape index (κ1) is 14.5. The van der Waals surface area contributed by atoms with Crippen LogP contribution in [0, 0.1) is 5.92 Å². The van der Waals surface area contributed by atoms with Crippen LogP contribution in [-0.4, -0.2) is 24.0 Å². The van der Waals surface area contributed by atoms with Gasteiger partial charge < -0.3 is 5.32 Å². The number of piperidine rings is 1. The lowest BCUT2D eigenvalue weighted by atomic mass is 9.93. The normalized spacial score (nSPS) is 24.6. The first-order valence-corrected chi connectivity index (χ1v) is 7.71. The van der Waals surface area contributed by atoms with Crippen molar-refractivity contribution in [3.05, 3.63) is 35.4 Å². The van der Waals surface area contributed by atoms with Crippen LogP contribution in [0.3, 0.4) is 0 Å². The zero-order valence-electron chi connectivity index (χ0n) is 12.7. The highest BCUT2D eigenvalue weighted by molar-refractivity contribution is 5.23. The highest BCUT2D eigenvalue weighted by Crippen LogP contribution is 2.23. The van der Waals surface area contributed by atoms with Crippen LogP contribution >= 0.6 is 0 Å². The van der Waals surface area contributed by atoms with Crippen LogP contribution in [-0.2, 0) is 13.1 Å². The summed E-state index contributed by atoms with van der Waals surface area (Å²) in [5, 5.41) is 3.40. The largest absolute Gasteiger partial charge is 0.313 e. The maximum Gasteiger partial charge on any atom is 0.0236 e. The summed E-state index contributed by atoms with van der Waals surface area (Å²) in [5.74, 6) is 0.895. The molecule has 1 aliphatic rings. The van der Waals surface area contributed by atoms with Crippen LogP contribution in [0.25, 0.3) is 0 Å². The van der Waals surface area contributed by atoms with Crippen molar-refractivity contribution in [1.82, 2.24) is 10.2 Å². The van der Waals surface area contributed by atoms with Crippen molar-refractivity contribution in [2.24, 2.45) is 5.92 Å². The van der Waals surface area contributed by atoms with Crippen molar-refractivity contribution < 1.29 is 0 Å². The fourth-order valence-electron chi connectivity index (χ4n) is 3.03. The number of rotatable bonds is 5. The van der Waals surface area contributed by atoms with E-state index in [4.69, 9.17) is 0 Å². The van der Waals surface area contributed by atoms with E-state index in [0.29, 0.717) is 0 Å². The van der Waals surface area contributed by atoms with E-state index in [1.54, 1.807) is 0 Å². The lowest BCUT2D eigenvalue weighted by Gasteiger charge is -2.36. The molecule has 1 N–H and O–H groups in total. The van der Waals surface area contributed by atoms with Gasteiger partial charge >= 0.3 is 0 Å². The topological polar surface area (TPSA) is 15.3 Å². The Kier molecular flexibility index (Phi) is 5.41. The molecule has 2 rings (SSSR count). The second-order valence-electron chi connectivity index (χ2n) is 6.05. The molecule has 106 valence electrons. The Bertz CT molecular complexity index is 389. The minimum atomic E-state index is 0.723. The van der Waals surface area contributed by atoms with Gasteiger partial charge in [0.1, 0.15) is 0 Å². The summed E-state index contributed by atoms with van der Waals surface area (Å²) in [7, 11) is 0. The average Bonchev–Trinajstić information content (AvgIpc) is 2.40. The van der Waals surface area contributed by atoms with Crippen molar-refractivity contribution in [2.45, 2.75) is 52.7 Å². The number of likely N-dealkylation sites (tertiary alicyclic amines) is 1. The molecule has 0 saturated carbocycles. The monoisotopic (exact) mass is 260 g/mol. The van der Waals surface area contributed by atoms with Crippen molar-refractivity contribution in [1.29, 1.82) is 0 Å². The summed E-state index contributed by atoms with van der Waals surface area (Å²) in [6.07, 6.45) is 2.69. The molecule has 2 heteroatoms. The first-order chi connectivity index (χ1) is 9.19. The number of hydrogen-bond donors (Lipinski definition) is 1. The summed E-state index contributed by atoms with van der Waals surface area (Å²) in [6.45, 7) is 11.3. The predicted molar refractivity (Wildman–Crippen MR) is 82.1 cm³/mol. The molecule has 19 heavy (non-hydrogen) atoms. The van der Waals surface area contributed by atoms with Crippen molar-refractivity contribution >= 4 is 0 Å². The van der Waals surface area contributed by atoms with E-state index < -0.39 is 0 Å². The molecule has 0 spiro atoms. The zero-order valence-corrected chi connectivity index (χ0v) is 12.7. The Balaban J connectivity index is 1.94. The van der Waals surface area contributed by atoms with E-state index in [2.05, 4.69) is 55.3 Å². The predicted octanol–water partition coefficient (Wildman–Crippen LogP) is 3.42. The van der Waals surface area contributed by atoms with Crippen LogP contribution in [0.5, 0.6) is 0 Å². The molecule has 1 aromatic rings. The van der Waals surface area contributed by atoms with Crippen molar-refractivity contribution in [3.63, 3.8) is 0 Å². The lowest BCUT2D eigenvalue weighted by Crippen LogP contribution is -2.39. The Morgan fingerprint density at radius 2 is 2.05 bits per heavy atom. The molecule has 0 aromatic heterocycles. The second kappa shape index (κ2) is 7.06. The number of nitrogens with zero attached hydrogens (tertiary/aromatic N) is 1. The summed E-state index contributed by atoms with van der Waals surface area (Å²) in [4.78, 5) is 2.63. The van der Waals surface area contributed by atoms with Gasteiger partial charge in [0.25, 0.3) is 0 Å². The minimum absolute atomic E-state index is 0.723. The van der Waals surface area contributed by atoms with E-state index in [1.165, 1.54) is 30.5 Å². The number of nitrogens with one attached hydrogen (secondary N) is 1. The zero-order chi connectivity index (χ0) is 13.7. The van der Waals surface area contributed by atoms with E-state index >= 15 is 0 Å². The second-order valence-corrected chi connectivity index (χ2v) is 6.05. The Labute approximate surface area is 118 Å². The molecule has 1 aliphatic heterocycles. The lowest BCUT2D eigenvalue weighted by molar-refractivity contribution is 0.122. The van der Waals surface area contributed by atoms with Gasteiger partial charge in [0.05, 0.1) is 0 Å². The van der Waals surface area contributed by atoms with Crippen molar-refractivity contribution in [3.8, 4) is 0 Å². The molecule has 2 unspecified atom stereocenters. The quantitative estimate of drug-likeness (QED) is 0.872. The van der Waals surface area contributed by atoms with Crippen molar-refractivity contribution in [2.75, 3.05) is 13.1 Å². The molecule has 0 aliphatic carbocycles. The molecular formula is C17H28N2. The fourth-order valence-corrected chi connectivity index (χ4v) is 3.03. The van der Waals surface area contributed by atoms with Gasteiger partial charge in [-0.3, -0.25) is 4.90 Å². The molecule has 1 fully saturated rings. The molecule has 0 bridgehead atoms. The molecule has 0 radical (unpaired) electrons. The highest BCUT2D eigenvalue weighted by atomic mass is 15.2. The molecule has 2 nitrogen and oxygen atoms in total. The molecule has 1 aromatic carbocycles. The third-order valence-corrected chi connectivity index (χ3v) is 4.23. The summed E-state index contributed by atoms with van der Waals surface area (Å²) in [6, 6.07) is 9.75. The number of hydrogen-bond acceptors (Lipinski definition) is 2. The minimum Gasteiger partial charge on any atom is -0.313 e. The van der Waals surface area contributed by atoms with Gasteiger partial charge in [0.15, 0.2) is 0 Å². The maximum atomic E-state index is 3.40. The van der Waals surface area contributed by atoms with Crippen LogP contribution < -0.4 is 5.32 Å². The van der Waals surface area contributed by atoms with Crippen LogP contribution in [0.15, 0.2) is 24.3 Å². The van der Waals surface area contributed by atoms with Crippen LogP contribution in [0.2, 0.25) is 0 Å².